The molecule has 1 saturated heterocycles. The largest absolute Gasteiger partial charge is 0.493 e. The van der Waals surface area contributed by atoms with E-state index in [4.69, 9.17) is 9.47 Å². The van der Waals surface area contributed by atoms with E-state index in [0.29, 0.717) is 36.0 Å². The summed E-state index contributed by atoms with van der Waals surface area (Å²) in [6.07, 6.45) is 1.94. The summed E-state index contributed by atoms with van der Waals surface area (Å²) >= 11 is 1.17. The van der Waals surface area contributed by atoms with Gasteiger partial charge in [-0.05, 0) is 24.6 Å². The Hall–Kier alpha value is -2.42. The fourth-order valence-electron chi connectivity index (χ4n) is 2.24. The maximum atomic E-state index is 12.2. The van der Waals surface area contributed by atoms with Crippen molar-refractivity contribution in [1.82, 2.24) is 15.8 Å². The summed E-state index contributed by atoms with van der Waals surface area (Å²) in [7, 11) is 1.50. The van der Waals surface area contributed by atoms with Gasteiger partial charge in [0.25, 0.3) is 17.1 Å². The van der Waals surface area contributed by atoms with Crippen LogP contribution in [-0.2, 0) is 4.79 Å². The van der Waals surface area contributed by atoms with Gasteiger partial charge in [-0.15, -0.1) is 0 Å². The van der Waals surface area contributed by atoms with Crippen LogP contribution in [0, 0.1) is 0 Å². The number of rotatable bonds is 8. The number of hydrazine groups is 1. The Morgan fingerprint density at radius 1 is 1.27 bits per heavy atom. The second-order valence-electron chi connectivity index (χ2n) is 5.61. The highest BCUT2D eigenvalue weighted by Gasteiger charge is 2.23. The lowest BCUT2D eigenvalue weighted by Gasteiger charge is -2.15. The van der Waals surface area contributed by atoms with Gasteiger partial charge in [-0.25, -0.2) is 0 Å². The molecule has 0 spiro atoms. The Labute approximate surface area is 156 Å². The van der Waals surface area contributed by atoms with Crippen LogP contribution < -0.4 is 20.3 Å². The molecule has 0 atom stereocenters. The SMILES string of the molecule is CCCCOc1ccc(C(=O)NNC(=O)CN2CCSC2=O)cc1OC. The summed E-state index contributed by atoms with van der Waals surface area (Å²) in [6.45, 7) is 3.09. The molecular formula is C17H23N3O5S. The number of amides is 3. The second kappa shape index (κ2) is 9.91. The molecule has 0 saturated carbocycles. The van der Waals surface area contributed by atoms with E-state index in [2.05, 4.69) is 17.8 Å². The van der Waals surface area contributed by atoms with Crippen LogP contribution >= 0.6 is 11.8 Å². The van der Waals surface area contributed by atoms with Crippen LogP contribution in [0.1, 0.15) is 30.1 Å². The lowest BCUT2D eigenvalue weighted by Crippen LogP contribution is -2.46. The van der Waals surface area contributed by atoms with Crippen molar-refractivity contribution in [3.63, 3.8) is 0 Å². The molecular weight excluding hydrogens is 358 g/mol. The number of hydrogen-bond acceptors (Lipinski definition) is 6. The molecule has 1 aromatic rings. The lowest BCUT2D eigenvalue weighted by molar-refractivity contribution is -0.122. The summed E-state index contributed by atoms with van der Waals surface area (Å²) < 4.78 is 10.9. The molecule has 142 valence electrons. The number of carbonyl (C=O) groups excluding carboxylic acids is 3. The number of carbonyl (C=O) groups is 3. The van der Waals surface area contributed by atoms with Crippen molar-refractivity contribution in [3.8, 4) is 11.5 Å². The number of ether oxygens (including phenoxy) is 2. The van der Waals surface area contributed by atoms with Gasteiger partial charge >= 0.3 is 0 Å². The van der Waals surface area contributed by atoms with E-state index >= 15 is 0 Å². The summed E-state index contributed by atoms with van der Waals surface area (Å²) in [6, 6.07) is 4.79. The van der Waals surface area contributed by atoms with Gasteiger partial charge < -0.3 is 14.4 Å². The summed E-state index contributed by atoms with van der Waals surface area (Å²) in [5.74, 6) is 0.733. The molecule has 0 radical (unpaired) electrons. The molecule has 0 aromatic heterocycles. The minimum atomic E-state index is -0.487. The summed E-state index contributed by atoms with van der Waals surface area (Å²) in [4.78, 5) is 36.9. The zero-order valence-corrected chi connectivity index (χ0v) is 15.7. The molecule has 1 heterocycles. The molecule has 2 N–H and O–H groups in total. The van der Waals surface area contributed by atoms with E-state index in [1.54, 1.807) is 18.2 Å². The van der Waals surface area contributed by atoms with Gasteiger partial charge in [-0.2, -0.15) is 0 Å². The highest BCUT2D eigenvalue weighted by atomic mass is 32.2. The third kappa shape index (κ3) is 5.55. The van der Waals surface area contributed by atoms with Crippen molar-refractivity contribution in [2.75, 3.05) is 32.6 Å². The smallest absolute Gasteiger partial charge is 0.282 e. The number of thioether (sulfide) groups is 1. The van der Waals surface area contributed by atoms with E-state index in [1.807, 2.05) is 0 Å². The number of nitrogens with one attached hydrogen (secondary N) is 2. The molecule has 1 aliphatic heterocycles. The Morgan fingerprint density at radius 3 is 2.73 bits per heavy atom. The molecule has 2 rings (SSSR count). The zero-order chi connectivity index (χ0) is 18.9. The van der Waals surface area contributed by atoms with Crippen LogP contribution in [0.3, 0.4) is 0 Å². The third-order valence-electron chi connectivity index (χ3n) is 3.68. The molecule has 0 unspecified atom stereocenters. The molecule has 0 aliphatic carbocycles. The van der Waals surface area contributed by atoms with Crippen LogP contribution in [0.15, 0.2) is 18.2 Å². The number of methoxy groups -OCH3 is 1. The van der Waals surface area contributed by atoms with Crippen molar-refractivity contribution in [2.45, 2.75) is 19.8 Å². The first kappa shape index (κ1) is 19.9. The Balaban J connectivity index is 1.88. The molecule has 1 aliphatic rings. The van der Waals surface area contributed by atoms with Crippen LogP contribution in [-0.4, -0.2) is 54.5 Å². The van der Waals surface area contributed by atoms with Crippen molar-refractivity contribution < 1.29 is 23.9 Å². The first-order chi connectivity index (χ1) is 12.5. The van der Waals surface area contributed by atoms with E-state index < -0.39 is 11.8 Å². The molecule has 0 bridgehead atoms. The number of unbranched alkanes of at least 4 members (excludes halogenated alkanes) is 1. The molecule has 9 heteroatoms. The average Bonchev–Trinajstić information content (AvgIpc) is 3.04. The van der Waals surface area contributed by atoms with Crippen molar-refractivity contribution in [1.29, 1.82) is 0 Å². The zero-order valence-electron chi connectivity index (χ0n) is 14.9. The standard InChI is InChI=1S/C17H23N3O5S/c1-3-4-8-25-13-6-5-12(10-14(13)24-2)16(22)19-18-15(21)11-20-7-9-26-17(20)23/h5-6,10H,3-4,7-9,11H2,1-2H3,(H,18,21)(H,19,22). The first-order valence-electron chi connectivity index (χ1n) is 8.37. The van der Waals surface area contributed by atoms with Gasteiger partial charge in [0, 0.05) is 17.9 Å². The summed E-state index contributed by atoms with van der Waals surface area (Å²) in [5.41, 5.74) is 4.96. The lowest BCUT2D eigenvalue weighted by atomic mass is 10.2. The van der Waals surface area contributed by atoms with Gasteiger partial charge in [0.1, 0.15) is 6.54 Å². The molecule has 8 nitrogen and oxygen atoms in total. The minimum Gasteiger partial charge on any atom is -0.493 e. The Bertz CT molecular complexity index is 668. The minimum absolute atomic E-state index is 0.0837. The third-order valence-corrected chi connectivity index (χ3v) is 4.57. The molecule has 1 aromatic carbocycles. The maximum Gasteiger partial charge on any atom is 0.282 e. The predicted molar refractivity (Wildman–Crippen MR) is 98.4 cm³/mol. The van der Waals surface area contributed by atoms with Crippen LogP contribution in [0.2, 0.25) is 0 Å². The normalized spacial score (nSPS) is 13.5. The number of hydrogen-bond donors (Lipinski definition) is 2. The van der Waals surface area contributed by atoms with Crippen molar-refractivity contribution >= 4 is 28.8 Å². The van der Waals surface area contributed by atoms with E-state index in [1.165, 1.54) is 23.8 Å². The Kier molecular flexibility index (Phi) is 7.58. The predicted octanol–water partition coefficient (Wildman–Crippen LogP) is 1.80. The van der Waals surface area contributed by atoms with Gasteiger partial charge in [-0.1, -0.05) is 25.1 Å². The van der Waals surface area contributed by atoms with Crippen molar-refractivity contribution in [2.24, 2.45) is 0 Å². The van der Waals surface area contributed by atoms with E-state index in [0.717, 1.165) is 12.8 Å². The van der Waals surface area contributed by atoms with Gasteiger partial charge in [-0.3, -0.25) is 25.2 Å². The topological polar surface area (TPSA) is 97.0 Å². The van der Waals surface area contributed by atoms with Crippen LogP contribution in [0.5, 0.6) is 11.5 Å². The van der Waals surface area contributed by atoms with Crippen LogP contribution in [0.25, 0.3) is 0 Å². The van der Waals surface area contributed by atoms with E-state index in [-0.39, 0.29) is 11.8 Å². The fourth-order valence-corrected chi connectivity index (χ4v) is 3.06. The van der Waals surface area contributed by atoms with Gasteiger partial charge in [0.2, 0.25) is 0 Å². The Morgan fingerprint density at radius 2 is 2.08 bits per heavy atom. The average molecular weight is 381 g/mol. The van der Waals surface area contributed by atoms with Gasteiger partial charge in [0.15, 0.2) is 11.5 Å². The highest BCUT2D eigenvalue weighted by molar-refractivity contribution is 8.13. The quantitative estimate of drug-likeness (QED) is 0.527. The first-order valence-corrected chi connectivity index (χ1v) is 9.35. The molecule has 3 amide bonds. The van der Waals surface area contributed by atoms with Crippen LogP contribution in [0.4, 0.5) is 4.79 Å². The summed E-state index contributed by atoms with van der Waals surface area (Å²) in [5, 5.41) is -0.130. The van der Waals surface area contributed by atoms with E-state index in [9.17, 15) is 14.4 Å². The van der Waals surface area contributed by atoms with Gasteiger partial charge in [0.05, 0.1) is 13.7 Å². The molecule has 26 heavy (non-hydrogen) atoms. The monoisotopic (exact) mass is 381 g/mol. The number of nitrogens with zero attached hydrogens (tertiary/aromatic N) is 1. The highest BCUT2D eigenvalue weighted by Crippen LogP contribution is 2.28. The second-order valence-corrected chi connectivity index (χ2v) is 6.65. The van der Waals surface area contributed by atoms with Crippen molar-refractivity contribution in [3.05, 3.63) is 23.8 Å². The molecule has 1 fully saturated rings. The number of benzene rings is 1. The fraction of sp³-hybridized carbons (Fsp3) is 0.471. The maximum absolute atomic E-state index is 12.2.